The van der Waals surface area contributed by atoms with Crippen LogP contribution in [0.3, 0.4) is 0 Å². The monoisotopic (exact) mass is 274 g/mol. The van der Waals surface area contributed by atoms with Crippen molar-refractivity contribution in [2.24, 2.45) is 0 Å². The Bertz CT molecular complexity index is 127. The first kappa shape index (κ1) is 38.2. The fraction of sp³-hybridized carbons (Fsp3) is 0. The summed E-state index contributed by atoms with van der Waals surface area (Å²) in [6, 6.07) is 0. The molecule has 8 nitrogen and oxygen atoms in total. The Balaban J connectivity index is -0.0000000245. The van der Waals surface area contributed by atoms with E-state index in [4.69, 9.17) is 0 Å². The Morgan fingerprint density at radius 1 is 0.769 bits per heavy atom. The van der Waals surface area contributed by atoms with Gasteiger partial charge in [-0.1, -0.05) is 0 Å². The summed E-state index contributed by atoms with van der Waals surface area (Å²) in [4.78, 5) is 18.8. The van der Waals surface area contributed by atoms with E-state index in [-0.39, 0.29) is 67.4 Å². The first-order valence-electron chi connectivity index (χ1n) is 1.73. The molecule has 76 valence electrons. The average molecular weight is 274 g/mol. The molecule has 0 aliphatic rings. The molecule has 0 radical (unpaired) electrons. The number of carboxylic acid groups (broad SMARTS) is 2. The summed E-state index contributed by atoms with van der Waals surface area (Å²) < 4.78 is 0. The molecule has 0 saturated heterocycles. The second-order valence-corrected chi connectivity index (χ2v) is 0.971. The van der Waals surface area contributed by atoms with Crippen molar-refractivity contribution >= 4 is 57.4 Å². The SMILES string of the molecule is O.O.O.O.O=C([O-])/C=C\C(=O)[O-].[Sr+2]. The van der Waals surface area contributed by atoms with E-state index in [0.29, 0.717) is 12.2 Å². The minimum Gasteiger partial charge on any atom is -0.545 e. The smallest absolute Gasteiger partial charge is 0.545 e. The molecule has 9 heteroatoms. The Morgan fingerprint density at radius 3 is 1.00 bits per heavy atom. The second kappa shape index (κ2) is 22.7. The maximum Gasteiger partial charge on any atom is 2.00 e. The van der Waals surface area contributed by atoms with Crippen molar-refractivity contribution in [1.29, 1.82) is 0 Å². The molecule has 0 aromatic carbocycles. The zero-order valence-electron chi connectivity index (χ0n) is 6.49. The molecule has 0 aliphatic carbocycles. The van der Waals surface area contributed by atoms with Crippen molar-refractivity contribution in [3.63, 3.8) is 0 Å². The summed E-state index contributed by atoms with van der Waals surface area (Å²) in [7, 11) is 0. The molecule has 8 N–H and O–H groups in total. The van der Waals surface area contributed by atoms with Crippen LogP contribution in [0.5, 0.6) is 0 Å². The summed E-state index contributed by atoms with van der Waals surface area (Å²) in [6.07, 6.45) is 0.769. The fourth-order valence-electron chi connectivity index (χ4n) is 0.136. The van der Waals surface area contributed by atoms with E-state index >= 15 is 0 Å². The summed E-state index contributed by atoms with van der Waals surface area (Å²) in [5, 5.41) is 18.8. The summed E-state index contributed by atoms with van der Waals surface area (Å²) in [5.41, 5.74) is 0. The number of hydrogen-bond acceptors (Lipinski definition) is 4. The number of rotatable bonds is 2. The zero-order chi connectivity index (χ0) is 6.57. The van der Waals surface area contributed by atoms with E-state index in [0.717, 1.165) is 0 Å². The fourth-order valence-corrected chi connectivity index (χ4v) is 0.136. The molecule has 0 saturated carbocycles. The van der Waals surface area contributed by atoms with E-state index < -0.39 is 11.9 Å². The summed E-state index contributed by atoms with van der Waals surface area (Å²) in [6.45, 7) is 0. The molecule has 13 heavy (non-hydrogen) atoms. The van der Waals surface area contributed by atoms with Crippen molar-refractivity contribution in [2.45, 2.75) is 0 Å². The predicted molar refractivity (Wildman–Crippen MR) is 39.4 cm³/mol. The molecule has 0 fully saturated rings. The van der Waals surface area contributed by atoms with E-state index in [1.165, 1.54) is 0 Å². The number of hydrogen-bond donors (Lipinski definition) is 0. The molecular weight excluding hydrogens is 264 g/mol. The molecular formula is C4H10O8Sr. The Labute approximate surface area is 110 Å². The first-order chi connectivity index (χ1) is 3.63. The van der Waals surface area contributed by atoms with Gasteiger partial charge in [0.05, 0.1) is 11.9 Å². The van der Waals surface area contributed by atoms with Crippen LogP contribution in [-0.4, -0.2) is 79.3 Å². The molecule has 0 bridgehead atoms. The van der Waals surface area contributed by atoms with Crippen molar-refractivity contribution in [1.82, 2.24) is 0 Å². The second-order valence-electron chi connectivity index (χ2n) is 0.971. The Kier molecular flexibility index (Phi) is 66.7. The first-order valence-corrected chi connectivity index (χ1v) is 1.73. The average Bonchev–Trinajstić information content (AvgIpc) is 1.61. The normalized spacial score (nSPS) is 5.85. The third kappa shape index (κ3) is 48.0. The predicted octanol–water partition coefficient (Wildman–Crippen LogP) is -6.64. The number of carbonyl (C=O) groups excluding carboxylic acids is 2. The van der Waals surface area contributed by atoms with E-state index in [1.54, 1.807) is 0 Å². The summed E-state index contributed by atoms with van der Waals surface area (Å²) in [5.74, 6) is -3.09. The van der Waals surface area contributed by atoms with Crippen LogP contribution in [0, 0.1) is 0 Å². The maximum absolute atomic E-state index is 9.41. The van der Waals surface area contributed by atoms with Gasteiger partial charge in [0.1, 0.15) is 0 Å². The van der Waals surface area contributed by atoms with E-state index in [1.807, 2.05) is 0 Å². The van der Waals surface area contributed by atoms with Gasteiger partial charge in [0.15, 0.2) is 0 Å². The third-order valence-corrected chi connectivity index (χ3v) is 0.355. The van der Waals surface area contributed by atoms with Gasteiger partial charge in [0.25, 0.3) is 0 Å². The summed E-state index contributed by atoms with van der Waals surface area (Å²) >= 11 is 0. The molecule has 0 atom stereocenters. The Hall–Kier alpha value is 0.000519. The van der Waals surface area contributed by atoms with Crippen molar-refractivity contribution in [3.05, 3.63) is 12.2 Å². The van der Waals surface area contributed by atoms with Gasteiger partial charge >= 0.3 is 45.5 Å². The van der Waals surface area contributed by atoms with Crippen LogP contribution >= 0.6 is 0 Å². The third-order valence-electron chi connectivity index (χ3n) is 0.355. The molecule has 0 aliphatic heterocycles. The molecule has 0 aromatic rings. The van der Waals surface area contributed by atoms with Gasteiger partial charge in [0, 0.05) is 0 Å². The Morgan fingerprint density at radius 2 is 0.923 bits per heavy atom. The minimum absolute atomic E-state index is 0. The number of carboxylic acids is 2. The van der Waals surface area contributed by atoms with Crippen LogP contribution in [0.2, 0.25) is 0 Å². The maximum atomic E-state index is 9.41. The van der Waals surface area contributed by atoms with Crippen molar-refractivity contribution < 1.29 is 41.7 Å². The van der Waals surface area contributed by atoms with E-state index in [9.17, 15) is 19.8 Å². The van der Waals surface area contributed by atoms with Gasteiger partial charge in [-0.25, -0.2) is 0 Å². The van der Waals surface area contributed by atoms with Gasteiger partial charge < -0.3 is 41.7 Å². The van der Waals surface area contributed by atoms with Gasteiger partial charge in [0.2, 0.25) is 0 Å². The van der Waals surface area contributed by atoms with Gasteiger partial charge in [-0.15, -0.1) is 0 Å². The standard InChI is InChI=1S/C4H4O4.4H2O.Sr/c5-3(6)1-2-4(7)8;;;;;/h1-2H,(H,5,6)(H,7,8);4*1H2;/q;;;;;+2/p-2/b2-1-;;;;;. The van der Waals surface area contributed by atoms with Crippen molar-refractivity contribution in [3.8, 4) is 0 Å². The number of aliphatic carboxylic acids is 2. The molecule has 0 unspecified atom stereocenters. The van der Waals surface area contributed by atoms with Gasteiger partial charge in [-0.05, 0) is 12.2 Å². The minimum atomic E-state index is -1.55. The molecule has 0 heterocycles. The quantitative estimate of drug-likeness (QED) is 0.355. The molecule has 0 rings (SSSR count). The zero-order valence-corrected chi connectivity index (χ0v) is 9.97. The van der Waals surface area contributed by atoms with Gasteiger partial charge in [-0.2, -0.15) is 0 Å². The molecule has 0 aromatic heterocycles. The van der Waals surface area contributed by atoms with Crippen LogP contribution in [0.15, 0.2) is 12.2 Å². The van der Waals surface area contributed by atoms with E-state index in [2.05, 4.69) is 0 Å². The molecule has 0 amide bonds. The van der Waals surface area contributed by atoms with Crippen LogP contribution < -0.4 is 10.2 Å². The topological polar surface area (TPSA) is 206 Å². The van der Waals surface area contributed by atoms with Crippen LogP contribution in [0.4, 0.5) is 0 Å². The van der Waals surface area contributed by atoms with Gasteiger partial charge in [-0.3, -0.25) is 0 Å². The van der Waals surface area contributed by atoms with Crippen LogP contribution in [0.25, 0.3) is 0 Å². The van der Waals surface area contributed by atoms with Crippen LogP contribution in [-0.2, 0) is 9.59 Å². The van der Waals surface area contributed by atoms with Crippen LogP contribution in [0.1, 0.15) is 0 Å². The van der Waals surface area contributed by atoms with Crippen molar-refractivity contribution in [2.75, 3.05) is 0 Å². The molecule has 0 spiro atoms. The largest absolute Gasteiger partial charge is 2.00 e. The number of carbonyl (C=O) groups is 2.